The Labute approximate surface area is 163 Å². The van der Waals surface area contributed by atoms with Gasteiger partial charge in [-0.1, -0.05) is 46.6 Å². The van der Waals surface area contributed by atoms with Crippen molar-refractivity contribution in [2.45, 2.75) is 25.9 Å². The van der Waals surface area contributed by atoms with Gasteiger partial charge in [-0.2, -0.15) is 18.2 Å². The third kappa shape index (κ3) is 4.89. The Hall–Kier alpha value is -2.87. The number of rotatable bonds is 5. The molecule has 1 heterocycles. The number of anilines is 1. The second-order valence-electron chi connectivity index (χ2n) is 6.12. The number of benzene rings is 2. The minimum atomic E-state index is -4.60. The number of carbonyl (C=O) groups is 1. The van der Waals surface area contributed by atoms with Crippen LogP contribution in [-0.4, -0.2) is 16.0 Å². The monoisotopic (exact) mass is 409 g/mol. The summed E-state index contributed by atoms with van der Waals surface area (Å²) in [5, 5.41) is 5.85. The van der Waals surface area contributed by atoms with Crippen LogP contribution < -0.4 is 5.32 Å². The van der Waals surface area contributed by atoms with Crippen LogP contribution in [0.15, 0.2) is 47.0 Å². The van der Waals surface area contributed by atoms with Gasteiger partial charge >= 0.3 is 6.18 Å². The molecule has 146 valence electrons. The van der Waals surface area contributed by atoms with Crippen molar-refractivity contribution in [1.29, 1.82) is 0 Å². The number of nitrogens with one attached hydrogen (secondary N) is 1. The molecule has 0 saturated carbocycles. The molecule has 5 nitrogen and oxygen atoms in total. The van der Waals surface area contributed by atoms with E-state index in [1.54, 1.807) is 0 Å². The van der Waals surface area contributed by atoms with E-state index in [0.717, 1.165) is 23.3 Å². The van der Waals surface area contributed by atoms with Crippen LogP contribution in [0.3, 0.4) is 0 Å². The number of amides is 1. The largest absolute Gasteiger partial charge is 0.417 e. The molecular weight excluding hydrogens is 395 g/mol. The number of hydrogen-bond acceptors (Lipinski definition) is 4. The van der Waals surface area contributed by atoms with Crippen molar-refractivity contribution in [1.82, 2.24) is 10.1 Å². The zero-order valence-corrected chi connectivity index (χ0v) is 15.4. The van der Waals surface area contributed by atoms with Crippen molar-refractivity contribution >= 4 is 23.2 Å². The van der Waals surface area contributed by atoms with Crippen LogP contribution in [0.1, 0.15) is 23.4 Å². The molecule has 28 heavy (non-hydrogen) atoms. The Morgan fingerprint density at radius 3 is 2.57 bits per heavy atom. The quantitative estimate of drug-likeness (QED) is 0.621. The standard InChI is InChI=1S/C19H15ClF3N3O2/c1-11-2-4-12(5-3-11)18-25-17(28-26-18)9-8-16(27)24-13-6-7-15(20)14(10-13)19(21,22)23/h2-7,10H,8-9H2,1H3,(H,24,27). The maximum absolute atomic E-state index is 12.9. The van der Waals surface area contributed by atoms with Crippen LogP contribution in [0.2, 0.25) is 5.02 Å². The van der Waals surface area contributed by atoms with Gasteiger partial charge in [0, 0.05) is 24.1 Å². The van der Waals surface area contributed by atoms with E-state index >= 15 is 0 Å². The molecule has 1 amide bonds. The van der Waals surface area contributed by atoms with Crippen molar-refractivity contribution in [3.63, 3.8) is 0 Å². The van der Waals surface area contributed by atoms with Gasteiger partial charge in [0.15, 0.2) is 0 Å². The van der Waals surface area contributed by atoms with Crippen molar-refractivity contribution in [2.24, 2.45) is 0 Å². The molecule has 3 aromatic rings. The van der Waals surface area contributed by atoms with Gasteiger partial charge in [-0.15, -0.1) is 0 Å². The highest BCUT2D eigenvalue weighted by Gasteiger charge is 2.33. The lowest BCUT2D eigenvalue weighted by Gasteiger charge is -2.11. The van der Waals surface area contributed by atoms with E-state index < -0.39 is 22.7 Å². The molecule has 0 saturated heterocycles. The maximum atomic E-state index is 12.9. The van der Waals surface area contributed by atoms with Crippen molar-refractivity contribution < 1.29 is 22.5 Å². The predicted octanol–water partition coefficient (Wildman–Crippen LogP) is 5.29. The Balaban J connectivity index is 1.60. The molecule has 9 heteroatoms. The van der Waals surface area contributed by atoms with Gasteiger partial charge in [0.25, 0.3) is 0 Å². The summed E-state index contributed by atoms with van der Waals surface area (Å²) in [6.45, 7) is 1.96. The Morgan fingerprint density at radius 2 is 1.89 bits per heavy atom. The molecule has 0 atom stereocenters. The normalized spacial score (nSPS) is 11.5. The van der Waals surface area contributed by atoms with E-state index in [-0.39, 0.29) is 24.4 Å². The summed E-state index contributed by atoms with van der Waals surface area (Å²) in [7, 11) is 0. The van der Waals surface area contributed by atoms with Gasteiger partial charge in [0.05, 0.1) is 10.6 Å². The summed E-state index contributed by atoms with van der Waals surface area (Å²) in [5.74, 6) is 0.186. The van der Waals surface area contributed by atoms with Crippen molar-refractivity contribution in [2.75, 3.05) is 5.32 Å². The third-order valence-electron chi connectivity index (χ3n) is 3.90. The van der Waals surface area contributed by atoms with Crippen LogP contribution in [0.25, 0.3) is 11.4 Å². The molecule has 0 aliphatic rings. The summed E-state index contributed by atoms with van der Waals surface area (Å²) < 4.78 is 43.7. The van der Waals surface area contributed by atoms with Gasteiger partial charge in [-0.25, -0.2) is 0 Å². The van der Waals surface area contributed by atoms with E-state index in [4.69, 9.17) is 16.1 Å². The lowest BCUT2D eigenvalue weighted by Crippen LogP contribution is -2.14. The lowest BCUT2D eigenvalue weighted by molar-refractivity contribution is -0.137. The number of carbonyl (C=O) groups excluding carboxylic acids is 1. The number of aromatic nitrogens is 2. The fraction of sp³-hybridized carbons (Fsp3) is 0.211. The first-order valence-electron chi connectivity index (χ1n) is 8.28. The number of nitrogens with zero attached hydrogens (tertiary/aromatic N) is 2. The second-order valence-corrected chi connectivity index (χ2v) is 6.53. The van der Waals surface area contributed by atoms with Gasteiger partial charge in [0.1, 0.15) is 0 Å². The van der Waals surface area contributed by atoms with E-state index in [0.29, 0.717) is 5.82 Å². The molecule has 0 aliphatic heterocycles. The molecule has 0 fully saturated rings. The number of hydrogen-bond donors (Lipinski definition) is 1. The van der Waals surface area contributed by atoms with Crippen molar-refractivity contribution in [3.05, 3.63) is 64.5 Å². The number of alkyl halides is 3. The van der Waals surface area contributed by atoms with E-state index in [1.807, 2.05) is 31.2 Å². The second kappa shape index (κ2) is 8.02. The molecule has 0 radical (unpaired) electrons. The molecule has 3 rings (SSSR count). The third-order valence-corrected chi connectivity index (χ3v) is 4.23. The molecule has 1 N–H and O–H groups in total. The Kier molecular flexibility index (Phi) is 5.69. The van der Waals surface area contributed by atoms with Crippen LogP contribution in [-0.2, 0) is 17.4 Å². The maximum Gasteiger partial charge on any atom is 0.417 e. The Bertz CT molecular complexity index is 985. The summed E-state index contributed by atoms with van der Waals surface area (Å²) in [6, 6.07) is 10.7. The topological polar surface area (TPSA) is 68.0 Å². The highest BCUT2D eigenvalue weighted by Crippen LogP contribution is 2.36. The predicted molar refractivity (Wildman–Crippen MR) is 97.9 cm³/mol. The van der Waals surface area contributed by atoms with Gasteiger partial charge in [-0.05, 0) is 25.1 Å². The average Bonchev–Trinajstić information content (AvgIpc) is 3.10. The summed E-state index contributed by atoms with van der Waals surface area (Å²) in [6.07, 6.45) is -4.47. The van der Waals surface area contributed by atoms with Crippen LogP contribution in [0.5, 0.6) is 0 Å². The van der Waals surface area contributed by atoms with E-state index in [1.165, 1.54) is 6.07 Å². The molecule has 0 bridgehead atoms. The zero-order chi connectivity index (χ0) is 20.3. The summed E-state index contributed by atoms with van der Waals surface area (Å²) in [4.78, 5) is 16.3. The average molecular weight is 410 g/mol. The first-order valence-corrected chi connectivity index (χ1v) is 8.66. The van der Waals surface area contributed by atoms with Crippen LogP contribution >= 0.6 is 11.6 Å². The van der Waals surface area contributed by atoms with Gasteiger partial charge < -0.3 is 9.84 Å². The highest BCUT2D eigenvalue weighted by atomic mass is 35.5. The fourth-order valence-electron chi connectivity index (χ4n) is 2.44. The first-order chi connectivity index (χ1) is 13.2. The molecule has 1 aromatic heterocycles. The molecule has 0 spiro atoms. The molecule has 0 unspecified atom stereocenters. The SMILES string of the molecule is Cc1ccc(-c2noc(CCC(=O)Nc3ccc(Cl)c(C(F)(F)F)c3)n2)cc1. The fourth-order valence-corrected chi connectivity index (χ4v) is 2.67. The molecular formula is C19H15ClF3N3O2. The molecule has 0 aliphatic carbocycles. The van der Waals surface area contributed by atoms with Crippen LogP contribution in [0, 0.1) is 6.92 Å². The number of halogens is 4. The van der Waals surface area contributed by atoms with Crippen LogP contribution in [0.4, 0.5) is 18.9 Å². The minimum absolute atomic E-state index is 0.00704. The van der Waals surface area contributed by atoms with E-state index in [2.05, 4.69) is 15.5 Å². The Morgan fingerprint density at radius 1 is 1.18 bits per heavy atom. The number of aryl methyl sites for hydroxylation is 2. The molecule has 2 aromatic carbocycles. The first kappa shape index (κ1) is 19.9. The summed E-state index contributed by atoms with van der Waals surface area (Å²) in [5.41, 5.74) is 0.880. The van der Waals surface area contributed by atoms with E-state index in [9.17, 15) is 18.0 Å². The summed E-state index contributed by atoms with van der Waals surface area (Å²) >= 11 is 5.56. The zero-order valence-electron chi connectivity index (χ0n) is 14.7. The van der Waals surface area contributed by atoms with Gasteiger partial charge in [0.2, 0.25) is 17.6 Å². The van der Waals surface area contributed by atoms with Crippen molar-refractivity contribution in [3.8, 4) is 11.4 Å². The smallest absolute Gasteiger partial charge is 0.339 e. The van der Waals surface area contributed by atoms with Gasteiger partial charge in [-0.3, -0.25) is 4.79 Å². The highest BCUT2D eigenvalue weighted by molar-refractivity contribution is 6.31. The minimum Gasteiger partial charge on any atom is -0.339 e. The lowest BCUT2D eigenvalue weighted by atomic mass is 10.1.